The van der Waals surface area contributed by atoms with Gasteiger partial charge in [0.1, 0.15) is 5.65 Å². The highest BCUT2D eigenvalue weighted by Gasteiger charge is 2.37. The van der Waals surface area contributed by atoms with Gasteiger partial charge in [0.25, 0.3) is 11.5 Å². The van der Waals surface area contributed by atoms with Gasteiger partial charge in [-0.2, -0.15) is 28.0 Å². The molecular formula is C31H26BrF3N6O4. The Balaban J connectivity index is 1.33. The van der Waals surface area contributed by atoms with E-state index in [1.165, 1.54) is 21.8 Å². The fourth-order valence-electron chi connectivity index (χ4n) is 6.06. The minimum atomic E-state index is -4.64. The van der Waals surface area contributed by atoms with Crippen LogP contribution in [0.15, 0.2) is 67.2 Å². The highest BCUT2D eigenvalue weighted by atomic mass is 79.9. The number of rotatable bonds is 5. The van der Waals surface area contributed by atoms with Crippen molar-refractivity contribution in [1.29, 1.82) is 0 Å². The number of nitrogens with zero attached hydrogens (tertiary/aromatic N) is 6. The molecule has 4 heterocycles. The predicted octanol–water partition coefficient (Wildman–Crippen LogP) is 5.16. The first kappa shape index (κ1) is 29.3. The second kappa shape index (κ2) is 10.6. The summed E-state index contributed by atoms with van der Waals surface area (Å²) in [7, 11) is 1.58. The number of hydrogen-bond acceptors (Lipinski definition) is 6. The molecule has 2 aromatic carbocycles. The van der Waals surface area contributed by atoms with Crippen LogP contribution in [0, 0.1) is 5.92 Å². The van der Waals surface area contributed by atoms with E-state index in [1.54, 1.807) is 53.5 Å². The monoisotopic (exact) mass is 682 g/mol. The lowest BCUT2D eigenvalue weighted by molar-refractivity contribution is -0.138. The van der Waals surface area contributed by atoms with E-state index in [9.17, 15) is 27.6 Å². The molecule has 0 spiro atoms. The molecular weight excluding hydrogens is 657 g/mol. The summed E-state index contributed by atoms with van der Waals surface area (Å²) in [6.07, 6.45) is 0.213. The third kappa shape index (κ3) is 5.10. The number of carbonyl (C=O) groups excluding carboxylic acids is 1. The summed E-state index contributed by atoms with van der Waals surface area (Å²) in [4.78, 5) is 44.9. The van der Waals surface area contributed by atoms with Gasteiger partial charge < -0.3 is 9.42 Å². The van der Waals surface area contributed by atoms with E-state index in [-0.39, 0.29) is 28.6 Å². The van der Waals surface area contributed by atoms with Crippen molar-refractivity contribution in [3.63, 3.8) is 0 Å². The molecule has 1 aliphatic carbocycles. The highest BCUT2D eigenvalue weighted by Crippen LogP contribution is 2.37. The average molecular weight is 683 g/mol. The maximum atomic E-state index is 14.3. The Kier molecular flexibility index (Phi) is 6.87. The van der Waals surface area contributed by atoms with Crippen molar-refractivity contribution in [3.05, 3.63) is 102 Å². The van der Waals surface area contributed by atoms with E-state index >= 15 is 0 Å². The van der Waals surface area contributed by atoms with E-state index in [4.69, 9.17) is 4.52 Å². The van der Waals surface area contributed by atoms with Gasteiger partial charge in [0.15, 0.2) is 5.82 Å². The molecule has 0 saturated heterocycles. The van der Waals surface area contributed by atoms with Crippen molar-refractivity contribution in [2.75, 3.05) is 0 Å². The molecule has 1 fully saturated rings. The van der Waals surface area contributed by atoms with Gasteiger partial charge in [-0.1, -0.05) is 15.9 Å². The van der Waals surface area contributed by atoms with E-state index in [0.717, 1.165) is 30.9 Å². The topological polar surface area (TPSA) is 108 Å². The maximum Gasteiger partial charge on any atom is 0.460 e. The van der Waals surface area contributed by atoms with Gasteiger partial charge in [0, 0.05) is 39.8 Å². The number of aromatic nitrogens is 5. The largest absolute Gasteiger partial charge is 0.460 e. The summed E-state index contributed by atoms with van der Waals surface area (Å²) >= 11 is 2.93. The fourth-order valence-corrected chi connectivity index (χ4v) is 6.53. The Hall–Kier alpha value is -4.46. The van der Waals surface area contributed by atoms with Gasteiger partial charge in [-0.3, -0.25) is 14.2 Å². The van der Waals surface area contributed by atoms with Gasteiger partial charge in [0.2, 0.25) is 0 Å². The molecule has 7 rings (SSSR count). The molecule has 45 heavy (non-hydrogen) atoms. The maximum absolute atomic E-state index is 14.3. The highest BCUT2D eigenvalue weighted by molar-refractivity contribution is 9.10. The first-order valence-electron chi connectivity index (χ1n) is 14.4. The first-order chi connectivity index (χ1) is 21.4. The molecule has 0 N–H and O–H groups in total. The standard InChI is InChI=1S/C31H26BrF3N6O4/c1-16-11-22-25(15-39(16)28(42)19-7-10-24(32)23(13-19)31(33,34)35)41-27(20(14-36-41)12-17-3-4-17)40(29(22)43)21-8-5-18(6-9-21)26-37-30(44)45-38(26)2/h5-10,13-14,16-17H,3-4,11-12,15H2,1-2H3. The quantitative estimate of drug-likeness (QED) is 0.254. The summed E-state index contributed by atoms with van der Waals surface area (Å²) < 4.78 is 50.2. The van der Waals surface area contributed by atoms with Crippen LogP contribution in [0.2, 0.25) is 0 Å². The van der Waals surface area contributed by atoms with Gasteiger partial charge in [-0.25, -0.2) is 9.31 Å². The van der Waals surface area contributed by atoms with Crippen LogP contribution >= 0.6 is 15.9 Å². The minimum Gasteiger partial charge on any atom is -0.330 e. The number of hydrogen-bond donors (Lipinski definition) is 0. The molecule has 0 bridgehead atoms. The van der Waals surface area contributed by atoms with Crippen LogP contribution in [0.3, 0.4) is 0 Å². The Morgan fingerprint density at radius 2 is 1.84 bits per heavy atom. The van der Waals surface area contributed by atoms with Crippen molar-refractivity contribution < 1.29 is 22.5 Å². The lowest BCUT2D eigenvalue weighted by Crippen LogP contribution is -2.46. The molecule has 1 amide bonds. The van der Waals surface area contributed by atoms with Gasteiger partial charge in [-0.05, 0) is 81.0 Å². The number of fused-ring (bicyclic) bond motifs is 3. The molecule has 1 saturated carbocycles. The minimum absolute atomic E-state index is 0.00298. The number of aryl methyl sites for hydroxylation is 1. The number of amides is 1. The molecule has 232 valence electrons. The number of carbonyl (C=O) groups is 1. The molecule has 1 unspecified atom stereocenters. The van der Waals surface area contributed by atoms with Crippen molar-refractivity contribution in [1.82, 2.24) is 28.8 Å². The second-order valence-electron chi connectivity index (χ2n) is 11.6. The van der Waals surface area contributed by atoms with E-state index in [2.05, 4.69) is 26.0 Å². The van der Waals surface area contributed by atoms with Crippen molar-refractivity contribution >= 4 is 27.5 Å². The Labute approximate surface area is 261 Å². The number of benzene rings is 2. The zero-order valence-electron chi connectivity index (χ0n) is 24.1. The smallest absolute Gasteiger partial charge is 0.330 e. The number of alkyl halides is 3. The van der Waals surface area contributed by atoms with Gasteiger partial charge in [0.05, 0.1) is 29.7 Å². The average Bonchev–Trinajstić information content (AvgIpc) is 3.62. The van der Waals surface area contributed by atoms with E-state index in [1.807, 2.05) is 0 Å². The van der Waals surface area contributed by atoms with Gasteiger partial charge in [-0.15, -0.1) is 0 Å². The molecule has 1 aliphatic heterocycles. The van der Waals surface area contributed by atoms with E-state index in [0.29, 0.717) is 39.9 Å². The zero-order chi connectivity index (χ0) is 31.8. The Morgan fingerprint density at radius 3 is 2.49 bits per heavy atom. The van der Waals surface area contributed by atoms with Crippen LogP contribution in [0.5, 0.6) is 0 Å². The zero-order valence-corrected chi connectivity index (χ0v) is 25.7. The van der Waals surface area contributed by atoms with Crippen LogP contribution in [-0.4, -0.2) is 40.8 Å². The molecule has 10 nitrogen and oxygen atoms in total. The summed E-state index contributed by atoms with van der Waals surface area (Å²) in [5.41, 5.74) is 2.42. The Morgan fingerprint density at radius 1 is 1.11 bits per heavy atom. The molecule has 2 aliphatic rings. The van der Waals surface area contributed by atoms with Crippen molar-refractivity contribution in [3.8, 4) is 17.1 Å². The molecule has 14 heteroatoms. The summed E-state index contributed by atoms with van der Waals surface area (Å²) in [6, 6.07) is 10.0. The van der Waals surface area contributed by atoms with Crippen molar-refractivity contribution in [2.45, 2.75) is 51.4 Å². The first-order valence-corrected chi connectivity index (χ1v) is 15.2. The Bertz CT molecular complexity index is 2110. The molecule has 3 aromatic heterocycles. The van der Waals surface area contributed by atoms with Gasteiger partial charge >= 0.3 is 11.9 Å². The summed E-state index contributed by atoms with van der Waals surface area (Å²) in [6.45, 7) is 1.78. The van der Waals surface area contributed by atoms with Crippen molar-refractivity contribution in [2.24, 2.45) is 13.0 Å². The predicted molar refractivity (Wildman–Crippen MR) is 160 cm³/mol. The third-order valence-corrected chi connectivity index (χ3v) is 9.22. The van der Waals surface area contributed by atoms with E-state index < -0.39 is 29.4 Å². The number of halogens is 4. The van der Waals surface area contributed by atoms with Crippen LogP contribution in [0.1, 0.15) is 52.5 Å². The fraction of sp³-hybridized carbons (Fsp3) is 0.323. The second-order valence-corrected chi connectivity index (χ2v) is 12.5. The normalized spacial score (nSPS) is 16.8. The molecule has 0 radical (unpaired) electrons. The third-order valence-electron chi connectivity index (χ3n) is 8.52. The molecule has 1 atom stereocenters. The van der Waals surface area contributed by atoms with Crippen LogP contribution < -0.4 is 11.3 Å². The van der Waals surface area contributed by atoms with Crippen LogP contribution in [-0.2, 0) is 32.6 Å². The van der Waals surface area contributed by atoms with Crippen LogP contribution in [0.25, 0.3) is 22.7 Å². The SMILES string of the molecule is CC1Cc2c(n3ncc(CC4CC4)c3n(-c3ccc(-c4nc(=O)on4C)cc3)c2=O)CN1C(=O)c1ccc(Br)c(C(F)(F)F)c1. The lowest BCUT2D eigenvalue weighted by Gasteiger charge is -2.35. The summed E-state index contributed by atoms with van der Waals surface area (Å²) in [5, 5.41) is 4.67. The summed E-state index contributed by atoms with van der Waals surface area (Å²) in [5.74, 6) is -0.436. The lowest BCUT2D eigenvalue weighted by atomic mass is 9.97. The van der Waals surface area contributed by atoms with Crippen LogP contribution in [0.4, 0.5) is 13.2 Å². The molecule has 5 aromatic rings.